The summed E-state index contributed by atoms with van der Waals surface area (Å²) in [6.07, 6.45) is 0.477. The fraction of sp³-hybridized carbons (Fsp3) is 0.533. The van der Waals surface area contributed by atoms with E-state index in [0.717, 1.165) is 11.3 Å². The molecule has 2 rings (SSSR count). The molecule has 0 bridgehead atoms. The predicted octanol–water partition coefficient (Wildman–Crippen LogP) is 3.00. The van der Waals surface area contributed by atoms with Crippen molar-refractivity contribution in [1.82, 2.24) is 0 Å². The molecule has 1 aromatic rings. The highest BCUT2D eigenvalue weighted by Gasteiger charge is 2.42. The third-order valence-corrected chi connectivity index (χ3v) is 3.64. The third kappa shape index (κ3) is 2.09. The molecule has 3 nitrogen and oxygen atoms in total. The van der Waals surface area contributed by atoms with Gasteiger partial charge in [-0.2, -0.15) is 5.26 Å². The summed E-state index contributed by atoms with van der Waals surface area (Å²) < 4.78 is 10.8. The van der Waals surface area contributed by atoms with Gasteiger partial charge in [0.25, 0.3) is 0 Å². The molecule has 1 aliphatic rings. The standard InChI is InChI=1S/C15H19NO2/c1-11(2)12-4-5-14(17-3)13(8-12)15(6-7-16)9-18-10-15/h4-5,8,11H,6,9-10H2,1-3H3. The Hall–Kier alpha value is -1.53. The Morgan fingerprint density at radius 3 is 2.61 bits per heavy atom. The number of benzene rings is 1. The monoisotopic (exact) mass is 245 g/mol. The SMILES string of the molecule is COc1ccc(C(C)C)cc1C1(CC#N)COC1. The van der Waals surface area contributed by atoms with Crippen molar-refractivity contribution in [3.63, 3.8) is 0 Å². The molecular formula is C15H19NO2. The van der Waals surface area contributed by atoms with Crippen LogP contribution in [0.2, 0.25) is 0 Å². The number of hydrogen-bond acceptors (Lipinski definition) is 3. The normalized spacial score (nSPS) is 17.1. The second-order valence-electron chi connectivity index (χ2n) is 5.22. The van der Waals surface area contributed by atoms with Gasteiger partial charge in [0.05, 0.1) is 31.8 Å². The zero-order chi connectivity index (χ0) is 13.2. The third-order valence-electron chi connectivity index (χ3n) is 3.64. The lowest BCUT2D eigenvalue weighted by molar-refractivity contribution is -0.0586. The molecule has 1 saturated heterocycles. The summed E-state index contributed by atoms with van der Waals surface area (Å²) in [5, 5.41) is 9.02. The van der Waals surface area contributed by atoms with Crippen molar-refractivity contribution in [1.29, 1.82) is 5.26 Å². The molecule has 1 fully saturated rings. The minimum atomic E-state index is -0.176. The molecule has 0 atom stereocenters. The number of ether oxygens (including phenoxy) is 2. The summed E-state index contributed by atoms with van der Waals surface area (Å²) in [6, 6.07) is 8.54. The highest BCUT2D eigenvalue weighted by Crippen LogP contribution is 2.41. The number of methoxy groups -OCH3 is 1. The number of rotatable bonds is 4. The number of nitrogens with zero attached hydrogens (tertiary/aromatic N) is 1. The lowest BCUT2D eigenvalue weighted by Gasteiger charge is -2.41. The summed E-state index contributed by atoms with van der Waals surface area (Å²) in [6.45, 7) is 5.55. The maximum absolute atomic E-state index is 9.02. The average molecular weight is 245 g/mol. The van der Waals surface area contributed by atoms with Crippen molar-refractivity contribution in [2.75, 3.05) is 20.3 Å². The summed E-state index contributed by atoms with van der Waals surface area (Å²) in [4.78, 5) is 0. The second-order valence-corrected chi connectivity index (χ2v) is 5.22. The minimum Gasteiger partial charge on any atom is -0.496 e. The Bertz CT molecular complexity index is 470. The van der Waals surface area contributed by atoms with E-state index in [9.17, 15) is 0 Å². The van der Waals surface area contributed by atoms with Gasteiger partial charge in [0.1, 0.15) is 5.75 Å². The minimum absolute atomic E-state index is 0.176. The Morgan fingerprint density at radius 1 is 1.44 bits per heavy atom. The fourth-order valence-corrected chi connectivity index (χ4v) is 2.35. The summed E-state index contributed by atoms with van der Waals surface area (Å²) in [7, 11) is 1.67. The molecule has 0 saturated carbocycles. The van der Waals surface area contributed by atoms with E-state index < -0.39 is 0 Å². The molecule has 96 valence electrons. The van der Waals surface area contributed by atoms with E-state index in [1.165, 1.54) is 5.56 Å². The number of hydrogen-bond donors (Lipinski definition) is 0. The molecule has 0 aromatic heterocycles. The molecule has 0 aliphatic carbocycles. The van der Waals surface area contributed by atoms with Crippen molar-refractivity contribution in [2.24, 2.45) is 0 Å². The second kappa shape index (κ2) is 4.99. The molecule has 0 unspecified atom stereocenters. The maximum Gasteiger partial charge on any atom is 0.122 e. The molecule has 1 aromatic carbocycles. The summed E-state index contributed by atoms with van der Waals surface area (Å²) in [5.74, 6) is 1.33. The van der Waals surface area contributed by atoms with Crippen LogP contribution in [-0.2, 0) is 10.2 Å². The summed E-state index contributed by atoms with van der Waals surface area (Å²) >= 11 is 0. The van der Waals surface area contributed by atoms with Crippen LogP contribution in [0.4, 0.5) is 0 Å². The predicted molar refractivity (Wildman–Crippen MR) is 69.8 cm³/mol. The van der Waals surface area contributed by atoms with E-state index in [1.807, 2.05) is 6.07 Å². The molecule has 0 radical (unpaired) electrons. The van der Waals surface area contributed by atoms with Crippen LogP contribution in [0.5, 0.6) is 5.75 Å². The van der Waals surface area contributed by atoms with Gasteiger partial charge in [-0.25, -0.2) is 0 Å². The Kier molecular flexibility index (Phi) is 3.58. The first-order chi connectivity index (χ1) is 8.63. The zero-order valence-electron chi connectivity index (χ0n) is 11.2. The van der Waals surface area contributed by atoms with Crippen molar-refractivity contribution < 1.29 is 9.47 Å². The molecule has 18 heavy (non-hydrogen) atoms. The van der Waals surface area contributed by atoms with Gasteiger partial charge in [-0.3, -0.25) is 0 Å². The topological polar surface area (TPSA) is 42.2 Å². The first-order valence-corrected chi connectivity index (χ1v) is 6.26. The van der Waals surface area contributed by atoms with Crippen molar-refractivity contribution in [3.8, 4) is 11.8 Å². The number of nitriles is 1. The van der Waals surface area contributed by atoms with Gasteiger partial charge >= 0.3 is 0 Å². The lowest BCUT2D eigenvalue weighted by atomic mass is 9.75. The average Bonchev–Trinajstić information content (AvgIpc) is 2.33. The van der Waals surface area contributed by atoms with Gasteiger partial charge in [-0.05, 0) is 17.5 Å². The molecule has 3 heteroatoms. The molecular weight excluding hydrogens is 226 g/mol. The van der Waals surface area contributed by atoms with Crippen LogP contribution in [0, 0.1) is 11.3 Å². The van der Waals surface area contributed by atoms with E-state index in [2.05, 4.69) is 32.0 Å². The highest BCUT2D eigenvalue weighted by molar-refractivity contribution is 5.45. The van der Waals surface area contributed by atoms with Gasteiger partial charge in [-0.1, -0.05) is 26.0 Å². The quantitative estimate of drug-likeness (QED) is 0.819. The van der Waals surface area contributed by atoms with Crippen LogP contribution in [0.25, 0.3) is 0 Å². The summed E-state index contributed by atoms with van der Waals surface area (Å²) in [5.41, 5.74) is 2.21. The van der Waals surface area contributed by atoms with Gasteiger partial charge in [-0.15, -0.1) is 0 Å². The Labute approximate surface area is 108 Å². The van der Waals surface area contributed by atoms with Gasteiger partial charge in [0.15, 0.2) is 0 Å². The van der Waals surface area contributed by atoms with Gasteiger partial charge in [0, 0.05) is 12.0 Å². The smallest absolute Gasteiger partial charge is 0.122 e. The van der Waals surface area contributed by atoms with Crippen LogP contribution in [0.3, 0.4) is 0 Å². The molecule has 0 N–H and O–H groups in total. The zero-order valence-corrected chi connectivity index (χ0v) is 11.2. The van der Waals surface area contributed by atoms with E-state index >= 15 is 0 Å². The van der Waals surface area contributed by atoms with Gasteiger partial charge < -0.3 is 9.47 Å². The first kappa shape index (κ1) is 12.9. The Morgan fingerprint density at radius 2 is 2.17 bits per heavy atom. The maximum atomic E-state index is 9.02. The largest absolute Gasteiger partial charge is 0.496 e. The molecule has 1 aliphatic heterocycles. The van der Waals surface area contributed by atoms with E-state index in [4.69, 9.17) is 14.7 Å². The van der Waals surface area contributed by atoms with Gasteiger partial charge in [0.2, 0.25) is 0 Å². The highest BCUT2D eigenvalue weighted by atomic mass is 16.5. The van der Waals surface area contributed by atoms with E-state index in [-0.39, 0.29) is 5.41 Å². The van der Waals surface area contributed by atoms with Crippen LogP contribution in [0.15, 0.2) is 18.2 Å². The Balaban J connectivity index is 2.46. The lowest BCUT2D eigenvalue weighted by Crippen LogP contribution is -2.46. The van der Waals surface area contributed by atoms with Crippen LogP contribution in [-0.4, -0.2) is 20.3 Å². The first-order valence-electron chi connectivity index (χ1n) is 6.26. The van der Waals surface area contributed by atoms with E-state index in [0.29, 0.717) is 25.6 Å². The van der Waals surface area contributed by atoms with Crippen LogP contribution >= 0.6 is 0 Å². The molecule has 0 spiro atoms. The van der Waals surface area contributed by atoms with Crippen molar-refractivity contribution in [2.45, 2.75) is 31.6 Å². The van der Waals surface area contributed by atoms with Crippen LogP contribution in [0.1, 0.15) is 37.3 Å². The van der Waals surface area contributed by atoms with Crippen LogP contribution < -0.4 is 4.74 Å². The molecule has 0 amide bonds. The van der Waals surface area contributed by atoms with Crippen molar-refractivity contribution >= 4 is 0 Å². The van der Waals surface area contributed by atoms with E-state index in [1.54, 1.807) is 7.11 Å². The fourth-order valence-electron chi connectivity index (χ4n) is 2.35. The molecule has 1 heterocycles. The van der Waals surface area contributed by atoms with Crippen molar-refractivity contribution in [3.05, 3.63) is 29.3 Å².